The van der Waals surface area contributed by atoms with Crippen molar-refractivity contribution in [2.24, 2.45) is 0 Å². The minimum atomic E-state index is -0.343. The molecule has 4 aromatic rings. The van der Waals surface area contributed by atoms with Gasteiger partial charge in [0.1, 0.15) is 21.3 Å². The van der Waals surface area contributed by atoms with E-state index in [0.29, 0.717) is 17.2 Å². The van der Waals surface area contributed by atoms with Gasteiger partial charge in [-0.1, -0.05) is 18.2 Å². The lowest BCUT2D eigenvalue weighted by molar-refractivity contribution is 0.0605. The van der Waals surface area contributed by atoms with Crippen molar-refractivity contribution in [3.05, 3.63) is 52.3 Å². The number of nitrogens with zero attached hydrogens (tertiary/aromatic N) is 2. The number of methoxy groups -OCH3 is 1. The van der Waals surface area contributed by atoms with Crippen LogP contribution in [0.2, 0.25) is 0 Å². The Hall–Kier alpha value is -2.93. The molecule has 26 heavy (non-hydrogen) atoms. The standard InChI is InChI=1S/C19H18N4O2S/c1-10-15-17(20-9-13-8-12-6-4-5-7-14(12)23-13)21-11(2)22-18(15)26-16(10)19(24)25-3/h4-8,23H,9H2,1-3H3,(H,20,21,22). The van der Waals surface area contributed by atoms with E-state index in [0.717, 1.165) is 32.8 Å². The van der Waals surface area contributed by atoms with Crippen LogP contribution >= 0.6 is 11.3 Å². The number of carbonyl (C=O) groups excluding carboxylic acids is 1. The maximum atomic E-state index is 12.0. The normalized spacial score (nSPS) is 11.2. The second-order valence-corrected chi connectivity index (χ2v) is 7.08. The van der Waals surface area contributed by atoms with Crippen molar-refractivity contribution < 1.29 is 9.53 Å². The highest BCUT2D eigenvalue weighted by Crippen LogP contribution is 2.34. The van der Waals surface area contributed by atoms with E-state index in [1.807, 2.05) is 26.0 Å². The van der Waals surface area contributed by atoms with Crippen LogP contribution in [0.25, 0.3) is 21.1 Å². The van der Waals surface area contributed by atoms with E-state index in [-0.39, 0.29) is 5.97 Å². The molecule has 132 valence electrons. The SMILES string of the molecule is COC(=O)c1sc2nc(C)nc(NCc3cc4ccccc4[nH]3)c2c1C. The topological polar surface area (TPSA) is 79.9 Å². The van der Waals surface area contributed by atoms with Crippen molar-refractivity contribution >= 4 is 44.2 Å². The summed E-state index contributed by atoms with van der Waals surface area (Å²) in [5.74, 6) is 1.05. The molecule has 0 spiro atoms. The number of hydrogen-bond acceptors (Lipinski definition) is 6. The molecular weight excluding hydrogens is 348 g/mol. The van der Waals surface area contributed by atoms with Gasteiger partial charge in [0, 0.05) is 11.2 Å². The molecule has 2 N–H and O–H groups in total. The molecule has 0 saturated heterocycles. The summed E-state index contributed by atoms with van der Waals surface area (Å²) in [5.41, 5.74) is 3.01. The summed E-state index contributed by atoms with van der Waals surface area (Å²) in [6, 6.07) is 10.3. The molecule has 0 aliphatic heterocycles. The van der Waals surface area contributed by atoms with Crippen molar-refractivity contribution in [3.63, 3.8) is 0 Å². The summed E-state index contributed by atoms with van der Waals surface area (Å²) in [6.07, 6.45) is 0. The van der Waals surface area contributed by atoms with Crippen LogP contribution in [0, 0.1) is 13.8 Å². The van der Waals surface area contributed by atoms with Crippen molar-refractivity contribution in [2.45, 2.75) is 20.4 Å². The minimum Gasteiger partial charge on any atom is -0.465 e. The van der Waals surface area contributed by atoms with Crippen molar-refractivity contribution in [3.8, 4) is 0 Å². The van der Waals surface area contributed by atoms with E-state index in [1.165, 1.54) is 23.8 Å². The van der Waals surface area contributed by atoms with Crippen LogP contribution in [0.1, 0.15) is 26.8 Å². The van der Waals surface area contributed by atoms with Crippen LogP contribution in [-0.4, -0.2) is 28.0 Å². The number of hydrogen-bond donors (Lipinski definition) is 2. The van der Waals surface area contributed by atoms with Crippen LogP contribution in [0.3, 0.4) is 0 Å². The number of esters is 1. The van der Waals surface area contributed by atoms with Gasteiger partial charge in [-0.2, -0.15) is 0 Å². The lowest BCUT2D eigenvalue weighted by Crippen LogP contribution is -2.04. The van der Waals surface area contributed by atoms with E-state index in [1.54, 1.807) is 0 Å². The first-order valence-corrected chi connectivity index (χ1v) is 9.05. The number of thiophene rings is 1. The number of aromatic nitrogens is 3. The Labute approximate surface area is 154 Å². The van der Waals surface area contributed by atoms with E-state index < -0.39 is 0 Å². The van der Waals surface area contributed by atoms with Crippen LogP contribution in [-0.2, 0) is 11.3 Å². The Morgan fingerprint density at radius 1 is 1.27 bits per heavy atom. The second-order valence-electron chi connectivity index (χ2n) is 6.08. The molecule has 3 aromatic heterocycles. The quantitative estimate of drug-likeness (QED) is 0.530. The number of para-hydroxylation sites is 1. The summed E-state index contributed by atoms with van der Waals surface area (Å²) in [6.45, 7) is 4.35. The monoisotopic (exact) mass is 366 g/mol. The zero-order valence-electron chi connectivity index (χ0n) is 14.7. The molecular formula is C19H18N4O2S. The maximum Gasteiger partial charge on any atom is 0.348 e. The van der Waals surface area contributed by atoms with E-state index >= 15 is 0 Å². The number of ether oxygens (including phenoxy) is 1. The average Bonchev–Trinajstić information content (AvgIpc) is 3.19. The number of carbonyl (C=O) groups is 1. The summed E-state index contributed by atoms with van der Waals surface area (Å²) in [7, 11) is 1.39. The van der Waals surface area contributed by atoms with Gasteiger partial charge >= 0.3 is 5.97 Å². The number of aromatic amines is 1. The molecule has 1 aromatic carbocycles. The Morgan fingerprint density at radius 3 is 2.85 bits per heavy atom. The summed E-state index contributed by atoms with van der Waals surface area (Å²) in [5, 5.41) is 5.44. The fourth-order valence-corrected chi connectivity index (χ4v) is 4.21. The average molecular weight is 366 g/mol. The van der Waals surface area contributed by atoms with Gasteiger partial charge in [-0.05, 0) is 36.9 Å². The van der Waals surface area contributed by atoms with E-state index in [2.05, 4.69) is 38.5 Å². The summed E-state index contributed by atoms with van der Waals surface area (Å²) >= 11 is 1.34. The van der Waals surface area contributed by atoms with Gasteiger partial charge in [-0.3, -0.25) is 0 Å². The fourth-order valence-electron chi connectivity index (χ4n) is 3.07. The molecule has 0 amide bonds. The molecule has 0 fully saturated rings. The Kier molecular flexibility index (Phi) is 4.08. The van der Waals surface area contributed by atoms with E-state index in [4.69, 9.17) is 4.74 Å². The summed E-state index contributed by atoms with van der Waals surface area (Å²) < 4.78 is 4.88. The van der Waals surface area contributed by atoms with Crippen LogP contribution in [0.5, 0.6) is 0 Å². The lowest BCUT2D eigenvalue weighted by Gasteiger charge is -2.07. The smallest absolute Gasteiger partial charge is 0.348 e. The Morgan fingerprint density at radius 2 is 2.08 bits per heavy atom. The van der Waals surface area contributed by atoms with Crippen molar-refractivity contribution in [1.82, 2.24) is 15.0 Å². The van der Waals surface area contributed by atoms with Crippen LogP contribution in [0.4, 0.5) is 5.82 Å². The van der Waals surface area contributed by atoms with Gasteiger partial charge in [0.15, 0.2) is 0 Å². The lowest BCUT2D eigenvalue weighted by atomic mass is 10.2. The molecule has 4 rings (SSSR count). The van der Waals surface area contributed by atoms with Crippen LogP contribution in [0.15, 0.2) is 30.3 Å². The first-order chi connectivity index (χ1) is 12.6. The molecule has 0 bridgehead atoms. The van der Waals surface area contributed by atoms with Gasteiger partial charge in [0.05, 0.1) is 19.0 Å². The summed E-state index contributed by atoms with van der Waals surface area (Å²) in [4.78, 5) is 25.8. The predicted octanol–water partition coefficient (Wildman–Crippen LogP) is 4.19. The highest BCUT2D eigenvalue weighted by molar-refractivity contribution is 7.20. The molecule has 0 radical (unpaired) electrons. The molecule has 0 aliphatic rings. The largest absolute Gasteiger partial charge is 0.465 e. The second kappa shape index (κ2) is 6.42. The van der Waals surface area contributed by atoms with Gasteiger partial charge in [0.2, 0.25) is 0 Å². The zero-order valence-corrected chi connectivity index (χ0v) is 15.5. The third-order valence-electron chi connectivity index (χ3n) is 4.30. The number of fused-ring (bicyclic) bond motifs is 2. The Bertz CT molecular complexity index is 1100. The minimum absolute atomic E-state index is 0.343. The highest BCUT2D eigenvalue weighted by Gasteiger charge is 2.20. The number of aryl methyl sites for hydroxylation is 2. The number of rotatable bonds is 4. The number of anilines is 1. The van der Waals surface area contributed by atoms with Crippen molar-refractivity contribution in [2.75, 3.05) is 12.4 Å². The zero-order chi connectivity index (χ0) is 18.3. The third-order valence-corrected chi connectivity index (χ3v) is 5.47. The molecule has 0 atom stereocenters. The van der Waals surface area contributed by atoms with Gasteiger partial charge in [-0.25, -0.2) is 14.8 Å². The molecule has 0 aliphatic carbocycles. The van der Waals surface area contributed by atoms with E-state index in [9.17, 15) is 4.79 Å². The fraction of sp³-hybridized carbons (Fsp3) is 0.211. The Balaban J connectivity index is 1.71. The first-order valence-electron chi connectivity index (χ1n) is 8.23. The van der Waals surface area contributed by atoms with Crippen LogP contribution < -0.4 is 5.32 Å². The molecule has 0 saturated carbocycles. The predicted molar refractivity (Wildman–Crippen MR) is 104 cm³/mol. The van der Waals surface area contributed by atoms with Gasteiger partial charge < -0.3 is 15.0 Å². The van der Waals surface area contributed by atoms with Gasteiger partial charge in [-0.15, -0.1) is 11.3 Å². The number of H-pyrrole nitrogens is 1. The number of benzene rings is 1. The first kappa shape index (κ1) is 16.5. The van der Waals surface area contributed by atoms with Crippen molar-refractivity contribution in [1.29, 1.82) is 0 Å². The number of nitrogens with one attached hydrogen (secondary N) is 2. The molecule has 3 heterocycles. The molecule has 7 heteroatoms. The maximum absolute atomic E-state index is 12.0. The third kappa shape index (κ3) is 2.80. The molecule has 0 unspecified atom stereocenters. The van der Waals surface area contributed by atoms with Gasteiger partial charge in [0.25, 0.3) is 0 Å². The molecule has 6 nitrogen and oxygen atoms in total. The highest BCUT2D eigenvalue weighted by atomic mass is 32.1.